The van der Waals surface area contributed by atoms with Crippen molar-refractivity contribution in [3.63, 3.8) is 0 Å². The van der Waals surface area contributed by atoms with Crippen molar-refractivity contribution >= 4 is 0 Å². The summed E-state index contributed by atoms with van der Waals surface area (Å²) in [5, 5.41) is 29.0. The minimum absolute atomic E-state index is 0.424. The first-order valence-corrected chi connectivity index (χ1v) is 10.1. The van der Waals surface area contributed by atoms with Crippen molar-refractivity contribution in [1.82, 2.24) is 4.90 Å². The summed E-state index contributed by atoms with van der Waals surface area (Å²) in [7, 11) is 0. The molecule has 0 radical (unpaired) electrons. The lowest BCUT2D eigenvalue weighted by Crippen LogP contribution is -2.55. The lowest BCUT2D eigenvalue weighted by molar-refractivity contribution is -0.109. The molecule has 0 amide bonds. The van der Waals surface area contributed by atoms with Gasteiger partial charge in [0.1, 0.15) is 6.10 Å². The number of piperidine rings is 1. The molecule has 2 aromatic carbocycles. The van der Waals surface area contributed by atoms with Crippen LogP contribution in [0.1, 0.15) is 24.8 Å². The van der Waals surface area contributed by atoms with E-state index in [-0.39, 0.29) is 0 Å². The highest BCUT2D eigenvalue weighted by molar-refractivity contribution is 5.63. The van der Waals surface area contributed by atoms with Crippen molar-refractivity contribution in [2.24, 2.45) is 0 Å². The number of ether oxygens (including phenoxy) is 1. The number of aliphatic hydroxyl groups excluding tert-OH is 3. The molecule has 0 spiro atoms. The third-order valence-corrected chi connectivity index (χ3v) is 5.27. The van der Waals surface area contributed by atoms with E-state index in [0.717, 1.165) is 32.4 Å². The lowest BCUT2D eigenvalue weighted by atomic mass is 10.0. The summed E-state index contributed by atoms with van der Waals surface area (Å²) < 4.78 is 5.78. The van der Waals surface area contributed by atoms with Crippen LogP contribution in [0.5, 0.6) is 0 Å². The van der Waals surface area contributed by atoms with Gasteiger partial charge in [0.2, 0.25) is 0 Å². The molecule has 1 fully saturated rings. The predicted molar refractivity (Wildman–Crippen MR) is 110 cm³/mol. The Balaban J connectivity index is 1.27. The van der Waals surface area contributed by atoms with Crippen LogP contribution in [0.25, 0.3) is 11.1 Å². The van der Waals surface area contributed by atoms with Crippen LogP contribution in [0.3, 0.4) is 0 Å². The van der Waals surface area contributed by atoms with Crippen molar-refractivity contribution in [3.05, 3.63) is 60.2 Å². The Morgan fingerprint density at radius 2 is 1.43 bits per heavy atom. The molecule has 3 N–H and O–H groups in total. The first kappa shape index (κ1) is 21.0. The second-order valence-corrected chi connectivity index (χ2v) is 7.56. The van der Waals surface area contributed by atoms with Gasteiger partial charge in [0, 0.05) is 19.7 Å². The molecule has 0 saturated carbocycles. The summed E-state index contributed by atoms with van der Waals surface area (Å²) in [5.74, 6) is 0. The number of hydrogen-bond donors (Lipinski definition) is 3. The van der Waals surface area contributed by atoms with Gasteiger partial charge in [-0.05, 0) is 42.5 Å². The van der Waals surface area contributed by atoms with Crippen molar-refractivity contribution in [3.8, 4) is 11.1 Å². The van der Waals surface area contributed by atoms with Gasteiger partial charge in [-0.3, -0.25) is 4.90 Å². The Morgan fingerprint density at radius 1 is 0.786 bits per heavy atom. The van der Waals surface area contributed by atoms with Crippen LogP contribution in [-0.2, 0) is 11.3 Å². The number of nitrogens with zero attached hydrogens (tertiary/aromatic N) is 1. The van der Waals surface area contributed by atoms with E-state index in [1.165, 1.54) is 16.7 Å². The highest BCUT2D eigenvalue weighted by Gasteiger charge is 2.32. The molecule has 5 heteroatoms. The van der Waals surface area contributed by atoms with Gasteiger partial charge in [0.25, 0.3) is 0 Å². The van der Waals surface area contributed by atoms with E-state index in [9.17, 15) is 15.3 Å². The van der Waals surface area contributed by atoms with Crippen molar-refractivity contribution in [1.29, 1.82) is 0 Å². The van der Waals surface area contributed by atoms with Crippen LogP contribution in [-0.4, -0.2) is 64.8 Å². The van der Waals surface area contributed by atoms with E-state index in [0.29, 0.717) is 19.7 Å². The highest BCUT2D eigenvalue weighted by Crippen LogP contribution is 2.19. The number of hydrogen-bond acceptors (Lipinski definition) is 5. The smallest absolute Gasteiger partial charge is 0.108 e. The van der Waals surface area contributed by atoms with Gasteiger partial charge in [0.05, 0.1) is 18.8 Å². The average molecular weight is 386 g/mol. The fourth-order valence-electron chi connectivity index (χ4n) is 3.59. The second-order valence-electron chi connectivity index (χ2n) is 7.56. The Bertz CT molecular complexity index is 680. The maximum Gasteiger partial charge on any atom is 0.108 e. The molecule has 1 saturated heterocycles. The first-order valence-electron chi connectivity index (χ1n) is 10.1. The van der Waals surface area contributed by atoms with Gasteiger partial charge in [-0.15, -0.1) is 0 Å². The van der Waals surface area contributed by atoms with Crippen LogP contribution in [0.4, 0.5) is 0 Å². The minimum atomic E-state index is -1.02. The van der Waals surface area contributed by atoms with Gasteiger partial charge >= 0.3 is 0 Å². The topological polar surface area (TPSA) is 73.2 Å². The SMILES string of the molecule is O[C@H]1[C@H](O)CN(CCCCCOCc2ccc(-c3ccccc3)cc2)C[C@@H]1O. The highest BCUT2D eigenvalue weighted by atomic mass is 16.5. The van der Waals surface area contributed by atoms with Crippen LogP contribution in [0, 0.1) is 0 Å². The third kappa shape index (κ3) is 6.12. The molecule has 3 rings (SSSR count). The van der Waals surface area contributed by atoms with E-state index in [1.54, 1.807) is 0 Å². The summed E-state index contributed by atoms with van der Waals surface area (Å²) in [5.41, 5.74) is 3.61. The molecule has 1 heterocycles. The molecule has 28 heavy (non-hydrogen) atoms. The van der Waals surface area contributed by atoms with Gasteiger partial charge in [0.15, 0.2) is 0 Å². The fourth-order valence-corrected chi connectivity index (χ4v) is 3.59. The normalized spacial score (nSPS) is 23.0. The van der Waals surface area contributed by atoms with Gasteiger partial charge in [-0.2, -0.15) is 0 Å². The molecule has 3 atom stereocenters. The fraction of sp³-hybridized carbons (Fsp3) is 0.478. The number of unbranched alkanes of at least 4 members (excludes halogenated alkanes) is 2. The van der Waals surface area contributed by atoms with Crippen LogP contribution < -0.4 is 0 Å². The number of rotatable bonds is 9. The Hall–Kier alpha value is -1.76. The Morgan fingerprint density at radius 3 is 2.11 bits per heavy atom. The van der Waals surface area contributed by atoms with E-state index in [1.807, 2.05) is 23.1 Å². The van der Waals surface area contributed by atoms with Gasteiger partial charge in [-0.25, -0.2) is 0 Å². The maximum absolute atomic E-state index is 9.71. The first-order chi connectivity index (χ1) is 13.6. The van der Waals surface area contributed by atoms with E-state index >= 15 is 0 Å². The maximum atomic E-state index is 9.71. The number of likely N-dealkylation sites (tertiary alicyclic amines) is 1. The summed E-state index contributed by atoms with van der Waals surface area (Å²) in [4.78, 5) is 2.01. The van der Waals surface area contributed by atoms with Crippen molar-refractivity contribution in [2.75, 3.05) is 26.2 Å². The zero-order valence-corrected chi connectivity index (χ0v) is 16.3. The van der Waals surface area contributed by atoms with E-state index in [2.05, 4.69) is 36.4 Å². The van der Waals surface area contributed by atoms with Crippen molar-refractivity contribution in [2.45, 2.75) is 44.2 Å². The number of β-amino-alcohol motifs (C(OH)–C–C–N with tert-alkyl or cyclic N) is 2. The average Bonchev–Trinajstić information content (AvgIpc) is 2.72. The van der Waals surface area contributed by atoms with Gasteiger partial charge in [-0.1, -0.05) is 54.6 Å². The van der Waals surface area contributed by atoms with Crippen LogP contribution >= 0.6 is 0 Å². The number of benzene rings is 2. The molecule has 1 aliphatic rings. The Kier molecular flexibility index (Phi) is 8.01. The van der Waals surface area contributed by atoms with Crippen LogP contribution in [0.2, 0.25) is 0 Å². The Labute approximate surface area is 167 Å². The summed E-state index contributed by atoms with van der Waals surface area (Å²) in [6.07, 6.45) is 0.277. The monoisotopic (exact) mass is 385 g/mol. The molecule has 0 aromatic heterocycles. The molecule has 0 bridgehead atoms. The molecule has 2 aromatic rings. The van der Waals surface area contributed by atoms with E-state index < -0.39 is 18.3 Å². The third-order valence-electron chi connectivity index (χ3n) is 5.27. The van der Waals surface area contributed by atoms with Gasteiger partial charge < -0.3 is 20.1 Å². The quantitative estimate of drug-likeness (QED) is 0.578. The number of aliphatic hydroxyl groups is 3. The second kappa shape index (κ2) is 10.7. The minimum Gasteiger partial charge on any atom is -0.389 e. The molecular weight excluding hydrogens is 354 g/mol. The zero-order valence-electron chi connectivity index (χ0n) is 16.3. The lowest BCUT2D eigenvalue weighted by Gasteiger charge is -2.36. The molecule has 0 aliphatic carbocycles. The molecule has 152 valence electrons. The predicted octanol–water partition coefficient (Wildman–Crippen LogP) is 2.44. The molecule has 5 nitrogen and oxygen atoms in total. The zero-order chi connectivity index (χ0) is 19.8. The summed E-state index contributed by atoms with van der Waals surface area (Å²) >= 11 is 0. The van der Waals surface area contributed by atoms with E-state index in [4.69, 9.17) is 4.74 Å². The molecular formula is C23H31NO4. The molecule has 1 aliphatic heterocycles. The van der Waals surface area contributed by atoms with Crippen LogP contribution in [0.15, 0.2) is 54.6 Å². The summed E-state index contributed by atoms with van der Waals surface area (Å²) in [6, 6.07) is 18.8. The summed E-state index contributed by atoms with van der Waals surface area (Å²) in [6.45, 7) is 3.02. The largest absolute Gasteiger partial charge is 0.389 e. The van der Waals surface area contributed by atoms with Crippen molar-refractivity contribution < 1.29 is 20.1 Å². The standard InChI is InChI=1S/C23H31NO4/c25-21-15-24(16-22(26)23(21)27)13-5-2-6-14-28-17-18-9-11-20(12-10-18)19-7-3-1-4-8-19/h1,3-4,7-12,21-23,25-27H,2,5-6,13-17H2/t21-,22+,23+. The molecule has 0 unspecified atom stereocenters.